The van der Waals surface area contributed by atoms with Crippen molar-refractivity contribution in [2.75, 3.05) is 0 Å². The molecule has 0 aliphatic heterocycles. The van der Waals surface area contributed by atoms with Crippen LogP contribution in [0, 0.1) is 0 Å². The molecule has 2 aromatic heterocycles. The number of carbonyl (C=O) groups excluding carboxylic acids is 2. The predicted octanol–water partition coefficient (Wildman–Crippen LogP) is 4.40. The number of hydrogen-bond acceptors (Lipinski definition) is 5. The van der Waals surface area contributed by atoms with Gasteiger partial charge in [-0.1, -0.05) is 17.7 Å². The molecule has 0 unspecified atom stereocenters. The van der Waals surface area contributed by atoms with Gasteiger partial charge in [-0.2, -0.15) is 0 Å². The Kier molecular flexibility index (Phi) is 6.63. The summed E-state index contributed by atoms with van der Waals surface area (Å²) in [6.07, 6.45) is 6.71. The number of rotatable bonds is 8. The van der Waals surface area contributed by atoms with Crippen molar-refractivity contribution < 1.29 is 14.3 Å². The maximum absolute atomic E-state index is 12.1. The normalized spacial score (nSPS) is 14.3. The first-order valence-electron chi connectivity index (χ1n) is 8.77. The number of amides is 1. The van der Waals surface area contributed by atoms with Crippen LogP contribution in [0.15, 0.2) is 30.5 Å². The molecule has 1 saturated carbocycles. The van der Waals surface area contributed by atoms with Crippen LogP contribution in [0.1, 0.15) is 53.8 Å². The van der Waals surface area contributed by atoms with Gasteiger partial charge in [0.2, 0.25) is 11.8 Å². The smallest absolute Gasteiger partial charge is 0.220 e. The number of nitrogens with zero attached hydrogens (tertiary/aromatic N) is 1. The minimum absolute atomic E-state index is 0.0660. The second kappa shape index (κ2) is 9.14. The van der Waals surface area contributed by atoms with E-state index in [9.17, 15) is 9.59 Å². The Bertz CT molecular complexity index is 772. The molecule has 1 aliphatic rings. The summed E-state index contributed by atoms with van der Waals surface area (Å²) in [7, 11) is 0. The van der Waals surface area contributed by atoms with Gasteiger partial charge in [-0.25, -0.2) is 4.98 Å². The van der Waals surface area contributed by atoms with Crippen LogP contribution >= 0.6 is 22.9 Å². The average molecular weight is 393 g/mol. The average Bonchev–Trinajstić information content (AvgIpc) is 3.30. The molecular weight excluding hydrogens is 372 g/mol. The van der Waals surface area contributed by atoms with Crippen molar-refractivity contribution in [1.82, 2.24) is 10.3 Å². The summed E-state index contributed by atoms with van der Waals surface area (Å²) in [4.78, 5) is 29.0. The number of hydrogen-bond donors (Lipinski definition) is 1. The molecule has 1 N–H and O–H groups in total. The molecule has 0 spiro atoms. The molecule has 2 aromatic rings. The number of ketones is 1. The third kappa shape index (κ3) is 5.29. The molecule has 1 aliphatic carbocycles. The van der Waals surface area contributed by atoms with Crippen molar-refractivity contribution in [3.63, 3.8) is 0 Å². The van der Waals surface area contributed by atoms with Crippen molar-refractivity contribution in [2.24, 2.45) is 0 Å². The number of thiophene rings is 1. The van der Waals surface area contributed by atoms with E-state index in [1.54, 1.807) is 18.3 Å². The Labute approximate surface area is 161 Å². The fourth-order valence-electron chi connectivity index (χ4n) is 2.93. The van der Waals surface area contributed by atoms with E-state index in [4.69, 9.17) is 16.3 Å². The second-order valence-electron chi connectivity index (χ2n) is 6.30. The van der Waals surface area contributed by atoms with Crippen LogP contribution in [-0.4, -0.2) is 22.8 Å². The van der Waals surface area contributed by atoms with Gasteiger partial charge in [0, 0.05) is 31.1 Å². The zero-order valence-corrected chi connectivity index (χ0v) is 15.9. The van der Waals surface area contributed by atoms with Gasteiger partial charge < -0.3 is 10.1 Å². The quantitative estimate of drug-likeness (QED) is 0.676. The number of Topliss-reactive ketones (excluding diaryl/α,β-unsaturated/α-hetero) is 1. The van der Waals surface area contributed by atoms with E-state index in [0.717, 1.165) is 18.4 Å². The van der Waals surface area contributed by atoms with Crippen LogP contribution in [0.3, 0.4) is 0 Å². The standard InChI is InChI=1S/C19H21ClN2O3S/c20-17-9-8-16(26-17)15(23)7-10-18(24)22-12-13-4-3-11-21-19(13)25-14-5-1-2-6-14/h3-4,8-9,11,14H,1-2,5-7,10,12H2,(H,22,24). The lowest BCUT2D eigenvalue weighted by molar-refractivity contribution is -0.121. The molecule has 0 aromatic carbocycles. The van der Waals surface area contributed by atoms with E-state index in [0.29, 0.717) is 21.6 Å². The number of nitrogens with one attached hydrogen (secondary N) is 1. The Hall–Kier alpha value is -1.92. The maximum atomic E-state index is 12.1. The number of aromatic nitrogens is 1. The first-order chi connectivity index (χ1) is 12.6. The van der Waals surface area contributed by atoms with Gasteiger partial charge in [0.25, 0.3) is 0 Å². The molecule has 26 heavy (non-hydrogen) atoms. The van der Waals surface area contributed by atoms with E-state index in [-0.39, 0.29) is 30.6 Å². The summed E-state index contributed by atoms with van der Waals surface area (Å²) in [5.74, 6) is 0.351. The van der Waals surface area contributed by atoms with Crippen LogP contribution in [0.25, 0.3) is 0 Å². The van der Waals surface area contributed by atoms with E-state index in [2.05, 4.69) is 10.3 Å². The highest BCUT2D eigenvalue weighted by molar-refractivity contribution is 7.18. The van der Waals surface area contributed by atoms with Gasteiger partial charge in [0.15, 0.2) is 5.78 Å². The summed E-state index contributed by atoms with van der Waals surface area (Å²) in [5, 5.41) is 2.84. The van der Waals surface area contributed by atoms with Gasteiger partial charge >= 0.3 is 0 Å². The Morgan fingerprint density at radius 1 is 1.23 bits per heavy atom. The summed E-state index contributed by atoms with van der Waals surface area (Å²) < 4.78 is 6.54. The SMILES string of the molecule is O=C(CCC(=O)c1ccc(Cl)s1)NCc1cccnc1OC1CCCC1. The minimum atomic E-state index is -0.170. The molecule has 5 nitrogen and oxygen atoms in total. The first kappa shape index (κ1) is 18.9. The highest BCUT2D eigenvalue weighted by Gasteiger charge is 2.19. The molecule has 2 heterocycles. The summed E-state index contributed by atoms with van der Waals surface area (Å²) >= 11 is 7.06. The van der Waals surface area contributed by atoms with Crippen LogP contribution in [0.2, 0.25) is 4.34 Å². The third-order valence-corrected chi connectivity index (χ3v) is 5.61. The molecule has 7 heteroatoms. The van der Waals surface area contributed by atoms with Gasteiger partial charge in [-0.05, 0) is 43.9 Å². The zero-order chi connectivity index (χ0) is 18.4. The molecule has 138 valence electrons. The Morgan fingerprint density at radius 2 is 2.04 bits per heavy atom. The number of pyridine rings is 1. The fourth-order valence-corrected chi connectivity index (χ4v) is 3.94. The predicted molar refractivity (Wildman–Crippen MR) is 102 cm³/mol. The van der Waals surface area contributed by atoms with E-state index < -0.39 is 0 Å². The van der Waals surface area contributed by atoms with E-state index in [1.165, 1.54) is 24.2 Å². The molecular formula is C19H21ClN2O3S. The van der Waals surface area contributed by atoms with Gasteiger partial charge in [0.1, 0.15) is 6.10 Å². The van der Waals surface area contributed by atoms with Crippen LogP contribution in [-0.2, 0) is 11.3 Å². The molecule has 0 bridgehead atoms. The monoisotopic (exact) mass is 392 g/mol. The van der Waals surface area contributed by atoms with Crippen LogP contribution < -0.4 is 10.1 Å². The molecule has 0 radical (unpaired) electrons. The largest absolute Gasteiger partial charge is 0.474 e. The zero-order valence-electron chi connectivity index (χ0n) is 14.4. The maximum Gasteiger partial charge on any atom is 0.220 e. The van der Waals surface area contributed by atoms with Crippen molar-refractivity contribution in [1.29, 1.82) is 0 Å². The molecule has 3 rings (SSSR count). The first-order valence-corrected chi connectivity index (χ1v) is 9.97. The van der Waals surface area contributed by atoms with Crippen LogP contribution in [0.4, 0.5) is 0 Å². The van der Waals surface area contributed by atoms with E-state index >= 15 is 0 Å². The van der Waals surface area contributed by atoms with Crippen molar-refractivity contribution in [3.05, 3.63) is 45.2 Å². The van der Waals surface area contributed by atoms with Gasteiger partial charge in [-0.15, -0.1) is 11.3 Å². The molecule has 1 fully saturated rings. The second-order valence-corrected chi connectivity index (χ2v) is 8.01. The van der Waals surface area contributed by atoms with Crippen LogP contribution in [0.5, 0.6) is 5.88 Å². The molecule has 0 atom stereocenters. The summed E-state index contributed by atoms with van der Waals surface area (Å²) in [6, 6.07) is 7.10. The summed E-state index contributed by atoms with van der Waals surface area (Å²) in [5.41, 5.74) is 0.851. The molecule has 1 amide bonds. The van der Waals surface area contributed by atoms with Gasteiger partial charge in [-0.3, -0.25) is 9.59 Å². The van der Waals surface area contributed by atoms with E-state index in [1.807, 2.05) is 12.1 Å². The Morgan fingerprint density at radius 3 is 2.77 bits per heavy atom. The topological polar surface area (TPSA) is 68.3 Å². The Balaban J connectivity index is 1.47. The van der Waals surface area contributed by atoms with Crippen molar-refractivity contribution in [2.45, 2.75) is 51.2 Å². The highest BCUT2D eigenvalue weighted by atomic mass is 35.5. The number of carbonyl (C=O) groups is 2. The lowest BCUT2D eigenvalue weighted by atomic mass is 10.2. The highest BCUT2D eigenvalue weighted by Crippen LogP contribution is 2.25. The van der Waals surface area contributed by atoms with Crippen molar-refractivity contribution in [3.8, 4) is 5.88 Å². The van der Waals surface area contributed by atoms with Gasteiger partial charge in [0.05, 0.1) is 9.21 Å². The number of halogens is 1. The minimum Gasteiger partial charge on any atom is -0.474 e. The van der Waals surface area contributed by atoms with Crippen molar-refractivity contribution >= 4 is 34.6 Å². The lowest BCUT2D eigenvalue weighted by Gasteiger charge is -2.15. The lowest BCUT2D eigenvalue weighted by Crippen LogP contribution is -2.24. The summed E-state index contributed by atoms with van der Waals surface area (Å²) in [6.45, 7) is 0.341. The fraction of sp³-hybridized carbons (Fsp3) is 0.421. The third-order valence-electron chi connectivity index (χ3n) is 4.33. The number of ether oxygens (including phenoxy) is 1. The molecule has 0 saturated heterocycles.